The Bertz CT molecular complexity index is 601. The predicted octanol–water partition coefficient (Wildman–Crippen LogP) is 6.58. The molecule has 19 heavy (non-hydrogen) atoms. The van der Waals surface area contributed by atoms with E-state index in [4.69, 9.17) is 34.8 Å². The Hall–Kier alpha value is -0.410. The van der Waals surface area contributed by atoms with Gasteiger partial charge in [0, 0.05) is 21.2 Å². The van der Waals surface area contributed by atoms with Gasteiger partial charge in [-0.1, -0.05) is 40.9 Å². The summed E-state index contributed by atoms with van der Waals surface area (Å²) in [4.78, 5) is 0. The molecule has 5 heteroatoms. The molecule has 2 aromatic rings. The van der Waals surface area contributed by atoms with E-state index in [1.165, 1.54) is 0 Å². The van der Waals surface area contributed by atoms with Gasteiger partial charge in [-0.05, 0) is 58.7 Å². The molecule has 0 saturated carbocycles. The quantitative estimate of drug-likeness (QED) is 0.635. The van der Waals surface area contributed by atoms with Crippen LogP contribution in [0.4, 0.5) is 5.69 Å². The van der Waals surface area contributed by atoms with Gasteiger partial charge in [0.05, 0.1) is 10.0 Å². The Labute approximate surface area is 136 Å². The molecular formula is C14H11BrCl3N. The third kappa shape index (κ3) is 3.79. The second-order valence-corrected chi connectivity index (χ2v) is 6.27. The molecule has 0 aliphatic carbocycles. The minimum atomic E-state index is 0.104. The Morgan fingerprint density at radius 2 is 1.74 bits per heavy atom. The van der Waals surface area contributed by atoms with Crippen molar-refractivity contribution >= 4 is 56.4 Å². The van der Waals surface area contributed by atoms with Crippen LogP contribution in [0.3, 0.4) is 0 Å². The number of nitrogens with one attached hydrogen (secondary N) is 1. The highest BCUT2D eigenvalue weighted by Gasteiger charge is 2.09. The molecule has 0 spiro atoms. The molecule has 0 heterocycles. The molecule has 0 saturated heterocycles. The summed E-state index contributed by atoms with van der Waals surface area (Å²) in [6.45, 7) is 2.06. The van der Waals surface area contributed by atoms with Gasteiger partial charge < -0.3 is 5.32 Å². The van der Waals surface area contributed by atoms with Crippen LogP contribution in [0.15, 0.2) is 40.9 Å². The summed E-state index contributed by atoms with van der Waals surface area (Å²) in [5.41, 5.74) is 2.04. The zero-order chi connectivity index (χ0) is 14.0. The van der Waals surface area contributed by atoms with Gasteiger partial charge >= 0.3 is 0 Å². The van der Waals surface area contributed by atoms with Crippen molar-refractivity contribution in [3.63, 3.8) is 0 Å². The van der Waals surface area contributed by atoms with Crippen LogP contribution in [0.2, 0.25) is 15.1 Å². The van der Waals surface area contributed by atoms with Crippen LogP contribution in [-0.4, -0.2) is 0 Å². The Kier molecular flexibility index (Phi) is 5.02. The van der Waals surface area contributed by atoms with Gasteiger partial charge in [-0.25, -0.2) is 0 Å². The molecule has 2 rings (SSSR count). The molecule has 1 nitrogen and oxygen atoms in total. The van der Waals surface area contributed by atoms with E-state index in [0.29, 0.717) is 15.1 Å². The number of rotatable bonds is 3. The molecule has 0 aliphatic heterocycles. The van der Waals surface area contributed by atoms with Crippen molar-refractivity contribution in [1.29, 1.82) is 0 Å². The standard InChI is InChI=1S/C14H11BrCl3N/c1-8(9-2-4-12(17)13(18)6-9)19-14-5-3-10(16)7-11(14)15/h2-8,19H,1H3. The maximum atomic E-state index is 6.03. The summed E-state index contributed by atoms with van der Waals surface area (Å²) in [5.74, 6) is 0. The molecule has 0 amide bonds. The van der Waals surface area contributed by atoms with Gasteiger partial charge in [0.25, 0.3) is 0 Å². The van der Waals surface area contributed by atoms with Crippen molar-refractivity contribution in [2.75, 3.05) is 5.32 Å². The van der Waals surface area contributed by atoms with E-state index >= 15 is 0 Å². The van der Waals surface area contributed by atoms with Crippen molar-refractivity contribution in [2.45, 2.75) is 13.0 Å². The van der Waals surface area contributed by atoms with Crippen molar-refractivity contribution in [3.05, 3.63) is 61.5 Å². The molecule has 0 aliphatic rings. The van der Waals surface area contributed by atoms with Crippen molar-refractivity contribution in [2.24, 2.45) is 0 Å². The summed E-state index contributed by atoms with van der Waals surface area (Å²) >= 11 is 21.3. The molecule has 0 radical (unpaired) electrons. The van der Waals surface area contributed by atoms with Gasteiger partial charge in [-0.15, -0.1) is 0 Å². The zero-order valence-electron chi connectivity index (χ0n) is 10.1. The van der Waals surface area contributed by atoms with E-state index in [1.54, 1.807) is 6.07 Å². The van der Waals surface area contributed by atoms with Crippen LogP contribution in [0, 0.1) is 0 Å². The van der Waals surface area contributed by atoms with Gasteiger partial charge in [-0.3, -0.25) is 0 Å². The van der Waals surface area contributed by atoms with Crippen LogP contribution in [0.5, 0.6) is 0 Å². The topological polar surface area (TPSA) is 12.0 Å². The second-order valence-electron chi connectivity index (χ2n) is 4.16. The summed E-state index contributed by atoms with van der Waals surface area (Å²) in [7, 11) is 0. The normalized spacial score (nSPS) is 12.3. The molecule has 0 bridgehead atoms. The van der Waals surface area contributed by atoms with E-state index in [1.807, 2.05) is 30.3 Å². The molecule has 2 aromatic carbocycles. The van der Waals surface area contributed by atoms with Crippen molar-refractivity contribution in [1.82, 2.24) is 0 Å². The van der Waals surface area contributed by atoms with E-state index in [2.05, 4.69) is 28.2 Å². The van der Waals surface area contributed by atoms with Crippen molar-refractivity contribution < 1.29 is 0 Å². The summed E-state index contributed by atoms with van der Waals surface area (Å²) in [6.07, 6.45) is 0. The Morgan fingerprint density at radius 1 is 1.00 bits per heavy atom. The third-order valence-corrected chi connectivity index (χ3v) is 4.38. The largest absolute Gasteiger partial charge is 0.378 e. The lowest BCUT2D eigenvalue weighted by atomic mass is 10.1. The summed E-state index contributed by atoms with van der Waals surface area (Å²) in [5, 5.41) is 5.21. The van der Waals surface area contributed by atoms with Crippen LogP contribution in [0.1, 0.15) is 18.5 Å². The number of anilines is 1. The average Bonchev–Trinajstić information content (AvgIpc) is 2.36. The average molecular weight is 380 g/mol. The predicted molar refractivity (Wildman–Crippen MR) is 87.7 cm³/mol. The fraction of sp³-hybridized carbons (Fsp3) is 0.143. The lowest BCUT2D eigenvalue weighted by Gasteiger charge is -2.17. The molecule has 0 fully saturated rings. The smallest absolute Gasteiger partial charge is 0.0595 e. The highest BCUT2D eigenvalue weighted by Crippen LogP contribution is 2.31. The van der Waals surface area contributed by atoms with Crippen LogP contribution >= 0.6 is 50.7 Å². The molecule has 1 unspecified atom stereocenters. The number of hydrogen-bond acceptors (Lipinski definition) is 1. The lowest BCUT2D eigenvalue weighted by Crippen LogP contribution is -2.07. The minimum absolute atomic E-state index is 0.104. The molecule has 0 aromatic heterocycles. The maximum Gasteiger partial charge on any atom is 0.0595 e. The summed E-state index contributed by atoms with van der Waals surface area (Å²) < 4.78 is 0.923. The summed E-state index contributed by atoms with van der Waals surface area (Å²) in [6, 6.07) is 11.4. The first kappa shape index (κ1) is 15.0. The van der Waals surface area contributed by atoms with E-state index < -0.39 is 0 Å². The zero-order valence-corrected chi connectivity index (χ0v) is 13.9. The lowest BCUT2D eigenvalue weighted by molar-refractivity contribution is 0.884. The first-order chi connectivity index (χ1) is 8.97. The number of halogens is 4. The van der Waals surface area contributed by atoms with E-state index in [9.17, 15) is 0 Å². The monoisotopic (exact) mass is 377 g/mol. The highest BCUT2D eigenvalue weighted by molar-refractivity contribution is 9.10. The van der Waals surface area contributed by atoms with Gasteiger partial charge in [0.1, 0.15) is 0 Å². The van der Waals surface area contributed by atoms with Gasteiger partial charge in [-0.2, -0.15) is 0 Å². The Balaban J connectivity index is 2.20. The van der Waals surface area contributed by atoms with Gasteiger partial charge in [0.15, 0.2) is 0 Å². The third-order valence-electron chi connectivity index (χ3n) is 2.75. The molecule has 1 atom stereocenters. The highest BCUT2D eigenvalue weighted by atomic mass is 79.9. The number of hydrogen-bond donors (Lipinski definition) is 1. The molecule has 100 valence electrons. The molecule has 1 N–H and O–H groups in total. The van der Waals surface area contributed by atoms with E-state index in [-0.39, 0.29) is 6.04 Å². The number of benzene rings is 2. The molecular weight excluding hydrogens is 368 g/mol. The second kappa shape index (κ2) is 6.36. The minimum Gasteiger partial charge on any atom is -0.378 e. The fourth-order valence-electron chi connectivity index (χ4n) is 1.70. The van der Waals surface area contributed by atoms with Gasteiger partial charge in [0.2, 0.25) is 0 Å². The first-order valence-electron chi connectivity index (χ1n) is 5.64. The van der Waals surface area contributed by atoms with Crippen molar-refractivity contribution in [3.8, 4) is 0 Å². The van der Waals surface area contributed by atoms with E-state index in [0.717, 1.165) is 15.7 Å². The van der Waals surface area contributed by atoms with Crippen LogP contribution < -0.4 is 5.32 Å². The fourth-order valence-corrected chi connectivity index (χ4v) is 2.81. The SMILES string of the molecule is CC(Nc1ccc(Cl)cc1Br)c1ccc(Cl)c(Cl)c1. The van der Waals surface area contributed by atoms with Crippen LogP contribution in [0.25, 0.3) is 0 Å². The Morgan fingerprint density at radius 3 is 2.37 bits per heavy atom. The maximum absolute atomic E-state index is 6.03. The van der Waals surface area contributed by atoms with Crippen LogP contribution in [-0.2, 0) is 0 Å². The first-order valence-corrected chi connectivity index (χ1v) is 7.56.